The van der Waals surface area contributed by atoms with Crippen molar-refractivity contribution in [1.29, 1.82) is 0 Å². The molecule has 1 aromatic heterocycles. The molecular formula is C24H29FN4O5S. The van der Waals surface area contributed by atoms with E-state index < -0.39 is 15.5 Å². The molecule has 0 aliphatic carbocycles. The van der Waals surface area contributed by atoms with Crippen LogP contribution in [-0.4, -0.2) is 61.5 Å². The van der Waals surface area contributed by atoms with Crippen LogP contribution in [0, 0.1) is 5.82 Å². The highest BCUT2D eigenvalue weighted by atomic mass is 32.2. The molecule has 11 heteroatoms. The summed E-state index contributed by atoms with van der Waals surface area (Å²) in [6, 6.07) is 16.5. The Labute approximate surface area is 204 Å². The largest absolute Gasteiger partial charge is 0.378 e. The first-order valence-electron chi connectivity index (χ1n) is 10.9. The smallest absolute Gasteiger partial charge is 0.261 e. The van der Waals surface area contributed by atoms with Crippen molar-refractivity contribution in [3.05, 3.63) is 71.7 Å². The standard InChI is InChI=1S/C23H25FN4O2.CH4O3S/c1-23(2,17-8-9-18(19(24)14-17)16-6-4-3-5-7-16)20-15-21(30-27-20)26-22(25)28-10-12-29-13-11-28;1-5(2,3)4/h3-9,14-15H,10-13H2,1-2H3,(H2,25,26);1H3,(H,2,3,4). The third-order valence-corrected chi connectivity index (χ3v) is 5.47. The van der Waals surface area contributed by atoms with Gasteiger partial charge in [0, 0.05) is 30.1 Å². The Morgan fingerprint density at radius 3 is 2.37 bits per heavy atom. The van der Waals surface area contributed by atoms with E-state index in [1.165, 1.54) is 0 Å². The lowest BCUT2D eigenvalue weighted by Gasteiger charge is -2.27. The second-order valence-corrected chi connectivity index (χ2v) is 10.0. The summed E-state index contributed by atoms with van der Waals surface area (Å²) in [5.41, 5.74) is 8.38. The number of ether oxygens (including phenoxy) is 1. The van der Waals surface area contributed by atoms with Crippen molar-refractivity contribution >= 4 is 22.0 Å². The molecule has 188 valence electrons. The number of nitrogens with zero attached hydrogens (tertiary/aromatic N) is 3. The number of aromatic nitrogens is 1. The molecule has 3 N–H and O–H groups in total. The molecule has 1 saturated heterocycles. The van der Waals surface area contributed by atoms with Crippen LogP contribution in [0.3, 0.4) is 0 Å². The molecule has 1 fully saturated rings. The van der Waals surface area contributed by atoms with Gasteiger partial charge in [-0.25, -0.2) is 4.39 Å². The highest BCUT2D eigenvalue weighted by Crippen LogP contribution is 2.35. The van der Waals surface area contributed by atoms with Gasteiger partial charge in [0.05, 0.1) is 25.2 Å². The van der Waals surface area contributed by atoms with Gasteiger partial charge >= 0.3 is 0 Å². The molecule has 3 aromatic rings. The van der Waals surface area contributed by atoms with E-state index in [2.05, 4.69) is 10.1 Å². The van der Waals surface area contributed by atoms with E-state index >= 15 is 0 Å². The van der Waals surface area contributed by atoms with Crippen LogP contribution in [0.4, 0.5) is 10.3 Å². The topological polar surface area (TPSA) is 131 Å². The highest BCUT2D eigenvalue weighted by molar-refractivity contribution is 7.85. The van der Waals surface area contributed by atoms with Gasteiger partial charge in [-0.2, -0.15) is 13.4 Å². The van der Waals surface area contributed by atoms with Crippen molar-refractivity contribution < 1.29 is 26.6 Å². The van der Waals surface area contributed by atoms with Gasteiger partial charge in [0.15, 0.2) is 5.96 Å². The quantitative estimate of drug-likeness (QED) is 0.313. The molecule has 35 heavy (non-hydrogen) atoms. The number of morpholine rings is 1. The van der Waals surface area contributed by atoms with E-state index in [1.54, 1.807) is 18.2 Å². The summed E-state index contributed by atoms with van der Waals surface area (Å²) in [6.07, 6.45) is 0.715. The summed E-state index contributed by atoms with van der Waals surface area (Å²) in [5.74, 6) is 0.422. The van der Waals surface area contributed by atoms with Crippen molar-refractivity contribution in [2.75, 3.05) is 32.6 Å². The summed E-state index contributed by atoms with van der Waals surface area (Å²) in [6.45, 7) is 6.57. The van der Waals surface area contributed by atoms with Crippen LogP contribution in [-0.2, 0) is 20.3 Å². The molecule has 2 aromatic carbocycles. The van der Waals surface area contributed by atoms with Crippen molar-refractivity contribution in [2.45, 2.75) is 19.3 Å². The lowest BCUT2D eigenvalue weighted by molar-refractivity contribution is 0.0675. The van der Waals surface area contributed by atoms with E-state index in [1.807, 2.05) is 55.1 Å². The molecule has 0 radical (unpaired) electrons. The maximum absolute atomic E-state index is 14.9. The summed E-state index contributed by atoms with van der Waals surface area (Å²) in [7, 11) is -3.67. The Hall–Kier alpha value is -3.28. The van der Waals surface area contributed by atoms with Gasteiger partial charge in [-0.3, -0.25) is 4.55 Å². The Balaban J connectivity index is 0.000000623. The van der Waals surface area contributed by atoms with Gasteiger partial charge in [0.1, 0.15) is 5.82 Å². The lowest BCUT2D eigenvalue weighted by atomic mass is 9.81. The number of hydrogen-bond donors (Lipinski definition) is 2. The minimum atomic E-state index is -3.67. The molecular weight excluding hydrogens is 475 g/mol. The fraction of sp³-hybridized carbons (Fsp3) is 0.333. The lowest BCUT2D eigenvalue weighted by Crippen LogP contribution is -2.44. The SMILES string of the molecule is CC(C)(c1ccc(-c2ccccc2)c(F)c1)c1cc(N=C(N)N2CCOCC2)on1.CS(=O)(=O)O. The van der Waals surface area contributed by atoms with E-state index in [0.29, 0.717) is 55.7 Å². The molecule has 1 aliphatic heterocycles. The maximum atomic E-state index is 14.9. The van der Waals surface area contributed by atoms with Gasteiger partial charge in [-0.1, -0.05) is 61.5 Å². The van der Waals surface area contributed by atoms with E-state index in [-0.39, 0.29) is 5.82 Å². The minimum absolute atomic E-state index is 0.273. The fourth-order valence-corrected chi connectivity index (χ4v) is 3.49. The summed E-state index contributed by atoms with van der Waals surface area (Å²) < 4.78 is 51.4. The first-order chi connectivity index (χ1) is 16.4. The van der Waals surface area contributed by atoms with Gasteiger partial charge in [0.25, 0.3) is 16.0 Å². The van der Waals surface area contributed by atoms with Crippen molar-refractivity contribution in [1.82, 2.24) is 10.1 Å². The zero-order valence-electron chi connectivity index (χ0n) is 19.8. The predicted molar refractivity (Wildman–Crippen MR) is 132 cm³/mol. The number of rotatable bonds is 4. The molecule has 0 amide bonds. The second kappa shape index (κ2) is 11.0. The predicted octanol–water partition coefficient (Wildman–Crippen LogP) is 3.59. The van der Waals surface area contributed by atoms with Crippen LogP contribution >= 0.6 is 0 Å². The molecule has 1 aliphatic rings. The first-order valence-corrected chi connectivity index (χ1v) is 12.7. The third kappa shape index (κ3) is 7.35. The number of nitrogens with two attached hydrogens (primary N) is 1. The molecule has 0 bridgehead atoms. The van der Waals surface area contributed by atoms with Crippen molar-refractivity contribution in [2.24, 2.45) is 10.7 Å². The van der Waals surface area contributed by atoms with E-state index in [9.17, 15) is 12.8 Å². The van der Waals surface area contributed by atoms with Crippen LogP contribution in [0.2, 0.25) is 0 Å². The van der Waals surface area contributed by atoms with Gasteiger partial charge < -0.3 is 19.9 Å². The molecule has 0 saturated carbocycles. The zero-order valence-corrected chi connectivity index (χ0v) is 20.6. The van der Waals surface area contributed by atoms with Gasteiger partial charge in [0.2, 0.25) is 0 Å². The Kier molecular flexibility index (Phi) is 8.26. The van der Waals surface area contributed by atoms with Crippen LogP contribution in [0.5, 0.6) is 0 Å². The fourth-order valence-electron chi connectivity index (χ4n) is 3.49. The number of halogens is 1. The van der Waals surface area contributed by atoms with E-state index in [0.717, 1.165) is 11.1 Å². The average molecular weight is 505 g/mol. The maximum Gasteiger partial charge on any atom is 0.261 e. The molecule has 2 heterocycles. The van der Waals surface area contributed by atoms with Crippen molar-refractivity contribution in [3.8, 4) is 11.1 Å². The molecule has 9 nitrogen and oxygen atoms in total. The van der Waals surface area contributed by atoms with Crippen LogP contribution in [0.1, 0.15) is 25.1 Å². The molecule has 0 unspecified atom stereocenters. The van der Waals surface area contributed by atoms with E-state index in [4.69, 9.17) is 19.5 Å². The normalized spacial score (nSPS) is 14.9. The average Bonchev–Trinajstić information content (AvgIpc) is 3.28. The monoisotopic (exact) mass is 504 g/mol. The third-order valence-electron chi connectivity index (χ3n) is 5.47. The molecule has 0 atom stereocenters. The number of guanidine groups is 1. The molecule has 0 spiro atoms. The summed E-state index contributed by atoms with van der Waals surface area (Å²) >= 11 is 0. The van der Waals surface area contributed by atoms with Crippen molar-refractivity contribution in [3.63, 3.8) is 0 Å². The van der Waals surface area contributed by atoms with Crippen LogP contribution in [0.15, 0.2) is 64.1 Å². The summed E-state index contributed by atoms with van der Waals surface area (Å²) in [4.78, 5) is 6.28. The second-order valence-electron chi connectivity index (χ2n) is 8.54. The highest BCUT2D eigenvalue weighted by Gasteiger charge is 2.28. The minimum Gasteiger partial charge on any atom is -0.378 e. The number of benzene rings is 2. The number of aliphatic imine (C=N–C) groups is 1. The Bertz CT molecular complexity index is 1260. The van der Waals surface area contributed by atoms with Crippen LogP contribution < -0.4 is 5.73 Å². The van der Waals surface area contributed by atoms with Crippen LogP contribution in [0.25, 0.3) is 11.1 Å². The Morgan fingerprint density at radius 1 is 1.14 bits per heavy atom. The Morgan fingerprint density at radius 2 is 1.77 bits per heavy atom. The molecule has 4 rings (SSSR count). The zero-order chi connectivity index (χ0) is 25.6. The van der Waals surface area contributed by atoms with Gasteiger partial charge in [-0.05, 0) is 17.2 Å². The summed E-state index contributed by atoms with van der Waals surface area (Å²) in [5, 5.41) is 4.17. The van der Waals surface area contributed by atoms with Gasteiger partial charge in [-0.15, -0.1) is 0 Å². The first kappa shape index (κ1) is 26.3. The number of hydrogen-bond acceptors (Lipinski definition) is 6.